The fraction of sp³-hybridized carbons (Fsp3) is 0. The third-order valence-electron chi connectivity index (χ3n) is 10.7. The van der Waals surface area contributed by atoms with Crippen LogP contribution >= 0.6 is 11.3 Å². The van der Waals surface area contributed by atoms with Gasteiger partial charge in [0.25, 0.3) is 0 Å². The number of furan rings is 1. The molecule has 0 saturated carbocycles. The molecule has 0 N–H and O–H groups in total. The molecule has 2 heterocycles. The minimum atomic E-state index is 0.872. The molecule has 0 atom stereocenters. The molecule has 0 fully saturated rings. The minimum absolute atomic E-state index is 0.872. The summed E-state index contributed by atoms with van der Waals surface area (Å²) in [5.74, 6) is 0. The average Bonchev–Trinajstić information content (AvgIpc) is 3.81. The number of para-hydroxylation sites is 2. The number of thiophene rings is 1. The molecule has 53 heavy (non-hydrogen) atoms. The van der Waals surface area contributed by atoms with Gasteiger partial charge in [0, 0.05) is 47.8 Å². The van der Waals surface area contributed by atoms with Gasteiger partial charge in [-0.25, -0.2) is 0 Å². The van der Waals surface area contributed by atoms with Crippen LogP contribution in [0.3, 0.4) is 0 Å². The van der Waals surface area contributed by atoms with Gasteiger partial charge in [-0.3, -0.25) is 0 Å². The van der Waals surface area contributed by atoms with Gasteiger partial charge >= 0.3 is 0 Å². The highest BCUT2D eigenvalue weighted by atomic mass is 32.1. The average molecular weight is 694 g/mol. The van der Waals surface area contributed by atoms with Crippen LogP contribution in [-0.4, -0.2) is 0 Å². The second kappa shape index (κ2) is 11.9. The Hall–Kier alpha value is -6.68. The van der Waals surface area contributed by atoms with Crippen molar-refractivity contribution in [3.05, 3.63) is 188 Å². The smallest absolute Gasteiger partial charge is 0.145 e. The lowest BCUT2D eigenvalue weighted by atomic mass is 9.92. The van der Waals surface area contributed by atoms with Crippen molar-refractivity contribution >= 4 is 92.1 Å². The van der Waals surface area contributed by atoms with Gasteiger partial charge < -0.3 is 9.32 Å². The third kappa shape index (κ3) is 4.64. The Morgan fingerprint density at radius 2 is 1.02 bits per heavy atom. The second-order valence-electron chi connectivity index (χ2n) is 13.6. The Bertz CT molecular complexity index is 3190. The normalized spacial score (nSPS) is 11.8. The highest BCUT2D eigenvalue weighted by Crippen LogP contribution is 2.50. The Morgan fingerprint density at radius 3 is 1.87 bits per heavy atom. The van der Waals surface area contributed by atoms with E-state index in [4.69, 9.17) is 4.42 Å². The largest absolute Gasteiger partial charge is 0.455 e. The summed E-state index contributed by atoms with van der Waals surface area (Å²) >= 11 is 1.87. The number of benzene rings is 9. The second-order valence-corrected chi connectivity index (χ2v) is 14.6. The van der Waals surface area contributed by atoms with Crippen LogP contribution in [0, 0.1) is 0 Å². The third-order valence-corrected chi connectivity index (χ3v) is 11.9. The summed E-state index contributed by atoms with van der Waals surface area (Å²) in [6, 6.07) is 67.8. The van der Waals surface area contributed by atoms with Crippen molar-refractivity contribution in [3.63, 3.8) is 0 Å². The molecule has 0 spiro atoms. The lowest BCUT2D eigenvalue weighted by molar-refractivity contribution is 0.670. The quantitative estimate of drug-likeness (QED) is 0.167. The molecule has 0 saturated heterocycles. The van der Waals surface area contributed by atoms with Crippen LogP contribution in [0.5, 0.6) is 0 Å². The zero-order chi connectivity index (χ0) is 34.9. The van der Waals surface area contributed by atoms with Gasteiger partial charge in [0.2, 0.25) is 0 Å². The fourth-order valence-electron chi connectivity index (χ4n) is 8.33. The molecule has 2 aromatic heterocycles. The molecule has 9 aromatic carbocycles. The molecule has 0 bridgehead atoms. The SMILES string of the molecule is c1ccc(N(c2cc3ccccc3c3ccccc23)c2ccc(-c3ccccc3-c3cccc4c3sc3ccccc34)c3oc4ccccc4c23)cc1. The van der Waals surface area contributed by atoms with Crippen LogP contribution in [0.25, 0.3) is 85.9 Å². The van der Waals surface area contributed by atoms with Gasteiger partial charge in [-0.1, -0.05) is 146 Å². The minimum Gasteiger partial charge on any atom is -0.455 e. The van der Waals surface area contributed by atoms with Crippen molar-refractivity contribution in [1.82, 2.24) is 0 Å². The van der Waals surface area contributed by atoms with Crippen LogP contribution in [0.4, 0.5) is 17.1 Å². The van der Waals surface area contributed by atoms with Crippen molar-refractivity contribution in [2.24, 2.45) is 0 Å². The van der Waals surface area contributed by atoms with E-state index in [-0.39, 0.29) is 0 Å². The Kier molecular flexibility index (Phi) is 6.76. The monoisotopic (exact) mass is 693 g/mol. The van der Waals surface area contributed by atoms with E-state index in [0.29, 0.717) is 0 Å². The lowest BCUT2D eigenvalue weighted by Gasteiger charge is -2.28. The molecule has 11 aromatic rings. The molecule has 2 nitrogen and oxygen atoms in total. The summed E-state index contributed by atoms with van der Waals surface area (Å²) < 4.78 is 9.57. The molecule has 0 unspecified atom stereocenters. The molecule has 0 aliphatic rings. The molecule has 3 heteroatoms. The maximum atomic E-state index is 6.96. The predicted molar refractivity (Wildman–Crippen MR) is 227 cm³/mol. The van der Waals surface area contributed by atoms with E-state index >= 15 is 0 Å². The summed E-state index contributed by atoms with van der Waals surface area (Å²) in [6.45, 7) is 0. The van der Waals surface area contributed by atoms with Crippen LogP contribution in [-0.2, 0) is 0 Å². The van der Waals surface area contributed by atoms with Gasteiger partial charge in [-0.05, 0) is 69.8 Å². The fourth-order valence-corrected chi connectivity index (χ4v) is 9.56. The van der Waals surface area contributed by atoms with Gasteiger partial charge in [0.05, 0.1) is 16.8 Å². The summed E-state index contributed by atoms with van der Waals surface area (Å²) in [5.41, 5.74) is 9.69. The van der Waals surface area contributed by atoms with Crippen molar-refractivity contribution in [2.75, 3.05) is 4.90 Å². The predicted octanol–water partition coefficient (Wildman–Crippen LogP) is 15.1. The van der Waals surface area contributed by atoms with Crippen LogP contribution in [0.1, 0.15) is 0 Å². The molecular weight excluding hydrogens is 663 g/mol. The number of rotatable bonds is 5. The van der Waals surface area contributed by atoms with E-state index < -0.39 is 0 Å². The first-order valence-corrected chi connectivity index (χ1v) is 18.8. The number of anilines is 3. The van der Waals surface area contributed by atoms with Gasteiger partial charge in [-0.2, -0.15) is 0 Å². The lowest BCUT2D eigenvalue weighted by Crippen LogP contribution is -2.11. The maximum Gasteiger partial charge on any atom is 0.145 e. The highest BCUT2D eigenvalue weighted by molar-refractivity contribution is 7.26. The number of nitrogens with zero attached hydrogens (tertiary/aromatic N) is 1. The zero-order valence-corrected chi connectivity index (χ0v) is 29.5. The first kappa shape index (κ1) is 30.0. The van der Waals surface area contributed by atoms with E-state index in [1.54, 1.807) is 0 Å². The van der Waals surface area contributed by atoms with Crippen molar-refractivity contribution in [3.8, 4) is 22.3 Å². The van der Waals surface area contributed by atoms with Crippen LogP contribution < -0.4 is 4.90 Å². The molecule has 0 radical (unpaired) electrons. The summed E-state index contributed by atoms with van der Waals surface area (Å²) in [6.07, 6.45) is 0. The number of fused-ring (bicyclic) bond motifs is 9. The molecule has 0 amide bonds. The molecule has 0 aliphatic heterocycles. The van der Waals surface area contributed by atoms with Crippen molar-refractivity contribution < 1.29 is 4.42 Å². The van der Waals surface area contributed by atoms with Crippen molar-refractivity contribution in [2.45, 2.75) is 0 Å². The standard InChI is InChI=1S/C50H31NOS/c1-2-16-33(17-3-1)51(45-31-32-15-4-5-18-34(32)35-19-8-9-22-38(35)45)44-30-29-40(49-48(44)43-24-10-12-27-46(43)52-49)36-20-6-7-21-37(36)41-25-14-26-42-39-23-11-13-28-47(39)53-50(41)42/h1-31H. The highest BCUT2D eigenvalue weighted by Gasteiger charge is 2.25. The van der Waals surface area contributed by atoms with Crippen molar-refractivity contribution in [1.29, 1.82) is 0 Å². The zero-order valence-electron chi connectivity index (χ0n) is 28.7. The summed E-state index contributed by atoms with van der Waals surface area (Å²) in [5, 5.41) is 9.67. The first-order valence-electron chi connectivity index (χ1n) is 18.0. The summed E-state index contributed by atoms with van der Waals surface area (Å²) in [4.78, 5) is 2.42. The first-order chi connectivity index (χ1) is 26.3. The topological polar surface area (TPSA) is 16.4 Å². The molecule has 11 rings (SSSR count). The Morgan fingerprint density at radius 1 is 0.396 bits per heavy atom. The number of hydrogen-bond acceptors (Lipinski definition) is 3. The Labute approximate surface area is 310 Å². The van der Waals surface area contributed by atoms with E-state index in [0.717, 1.165) is 50.1 Å². The molecular formula is C50H31NOS. The van der Waals surface area contributed by atoms with E-state index in [1.165, 1.54) is 52.8 Å². The van der Waals surface area contributed by atoms with E-state index in [9.17, 15) is 0 Å². The van der Waals surface area contributed by atoms with E-state index in [2.05, 4.69) is 193 Å². The Balaban J connectivity index is 1.21. The maximum absolute atomic E-state index is 6.96. The van der Waals surface area contributed by atoms with E-state index in [1.807, 2.05) is 11.3 Å². The van der Waals surface area contributed by atoms with Crippen LogP contribution in [0.15, 0.2) is 192 Å². The number of hydrogen-bond donors (Lipinski definition) is 0. The van der Waals surface area contributed by atoms with Gasteiger partial charge in [0.1, 0.15) is 11.2 Å². The molecule has 248 valence electrons. The summed E-state index contributed by atoms with van der Waals surface area (Å²) in [7, 11) is 0. The van der Waals surface area contributed by atoms with Crippen LogP contribution in [0.2, 0.25) is 0 Å². The molecule has 0 aliphatic carbocycles. The van der Waals surface area contributed by atoms with Gasteiger partial charge in [0.15, 0.2) is 0 Å². The van der Waals surface area contributed by atoms with Gasteiger partial charge in [-0.15, -0.1) is 11.3 Å².